The molecule has 0 amide bonds. The van der Waals surface area contributed by atoms with Crippen molar-refractivity contribution < 1.29 is 13.5 Å². The van der Waals surface area contributed by atoms with Crippen molar-refractivity contribution in [3.05, 3.63) is 40.3 Å². The van der Waals surface area contributed by atoms with Gasteiger partial charge in [-0.05, 0) is 31.9 Å². The number of ether oxygens (including phenoxy) is 1. The number of hydrogen-bond donors (Lipinski definition) is 2. The minimum absolute atomic E-state index is 0.161. The fourth-order valence-electron chi connectivity index (χ4n) is 3.27. The molecule has 1 aliphatic heterocycles. The van der Waals surface area contributed by atoms with Gasteiger partial charge < -0.3 is 20.3 Å². The molecule has 1 aliphatic rings. The predicted molar refractivity (Wildman–Crippen MR) is 113 cm³/mol. The fraction of sp³-hybridized carbons (Fsp3) is 0.500. The van der Waals surface area contributed by atoms with Crippen LogP contribution in [0.4, 0.5) is 14.5 Å². The van der Waals surface area contributed by atoms with Crippen molar-refractivity contribution in [1.29, 1.82) is 0 Å². The number of nitrogens with zero attached hydrogens (tertiary/aromatic N) is 3. The van der Waals surface area contributed by atoms with E-state index in [1.807, 2.05) is 24.4 Å². The minimum Gasteiger partial charge on any atom is -0.433 e. The Morgan fingerprint density at radius 1 is 1.38 bits per heavy atom. The average molecular weight is 424 g/mol. The predicted octanol–water partition coefficient (Wildman–Crippen LogP) is 3.64. The van der Waals surface area contributed by atoms with E-state index in [1.54, 1.807) is 23.5 Å². The van der Waals surface area contributed by atoms with Gasteiger partial charge in [-0.15, -0.1) is 11.3 Å². The van der Waals surface area contributed by atoms with Crippen LogP contribution in [-0.2, 0) is 13.0 Å². The first-order chi connectivity index (χ1) is 14.1. The lowest BCUT2D eigenvalue weighted by atomic mass is 10.2. The molecule has 0 saturated carbocycles. The highest BCUT2D eigenvalue weighted by Gasteiger charge is 2.26. The van der Waals surface area contributed by atoms with E-state index >= 15 is 0 Å². The summed E-state index contributed by atoms with van der Waals surface area (Å²) >= 11 is 1.66. The van der Waals surface area contributed by atoms with Crippen LogP contribution in [0.25, 0.3) is 0 Å². The largest absolute Gasteiger partial charge is 0.433 e. The van der Waals surface area contributed by atoms with Crippen molar-refractivity contribution >= 4 is 23.0 Å². The van der Waals surface area contributed by atoms with Gasteiger partial charge in [-0.25, -0.2) is 9.98 Å². The number of rotatable bonds is 8. The van der Waals surface area contributed by atoms with Crippen molar-refractivity contribution in [2.24, 2.45) is 4.99 Å². The van der Waals surface area contributed by atoms with Gasteiger partial charge in [-0.2, -0.15) is 8.78 Å². The maximum Gasteiger partial charge on any atom is 0.387 e. The van der Waals surface area contributed by atoms with Crippen LogP contribution in [0.15, 0.2) is 34.6 Å². The highest BCUT2D eigenvalue weighted by atomic mass is 32.1. The Morgan fingerprint density at radius 3 is 2.93 bits per heavy atom. The van der Waals surface area contributed by atoms with Gasteiger partial charge in [0.15, 0.2) is 5.96 Å². The number of thiazole rings is 1. The summed E-state index contributed by atoms with van der Waals surface area (Å²) < 4.78 is 30.1. The molecular weight excluding hydrogens is 396 g/mol. The lowest BCUT2D eigenvalue weighted by Crippen LogP contribution is -2.44. The highest BCUT2D eigenvalue weighted by molar-refractivity contribution is 7.09. The van der Waals surface area contributed by atoms with E-state index in [0.29, 0.717) is 18.8 Å². The average Bonchev–Trinajstić information content (AvgIpc) is 3.35. The van der Waals surface area contributed by atoms with Gasteiger partial charge in [0.1, 0.15) is 5.75 Å². The van der Waals surface area contributed by atoms with E-state index < -0.39 is 6.61 Å². The van der Waals surface area contributed by atoms with Gasteiger partial charge in [0, 0.05) is 31.1 Å². The molecule has 0 spiro atoms. The minimum atomic E-state index is -2.83. The number of para-hydroxylation sites is 2. The zero-order valence-corrected chi connectivity index (χ0v) is 17.5. The summed E-state index contributed by atoms with van der Waals surface area (Å²) in [5, 5.41) is 9.88. The monoisotopic (exact) mass is 423 g/mol. The zero-order chi connectivity index (χ0) is 20.6. The van der Waals surface area contributed by atoms with Crippen molar-refractivity contribution in [2.75, 3.05) is 24.5 Å². The molecule has 9 heteroatoms. The number of anilines is 1. The molecule has 1 aromatic carbocycles. The number of aryl methyl sites for hydroxylation is 1. The normalized spacial score (nSPS) is 17.1. The molecule has 1 saturated heterocycles. The first-order valence-corrected chi connectivity index (χ1v) is 10.7. The summed E-state index contributed by atoms with van der Waals surface area (Å²) in [7, 11) is 0. The SMILES string of the molecule is CCNC(=NCc1csc(CC)n1)NC1CCN(c2ccccc2OC(F)F)C1. The number of nitrogens with one attached hydrogen (secondary N) is 2. The maximum absolute atomic E-state index is 12.7. The van der Waals surface area contributed by atoms with Crippen LogP contribution in [0.5, 0.6) is 5.75 Å². The quantitative estimate of drug-likeness (QED) is 0.501. The van der Waals surface area contributed by atoms with Crippen LogP contribution >= 0.6 is 11.3 Å². The Labute approximate surface area is 174 Å². The van der Waals surface area contributed by atoms with E-state index in [9.17, 15) is 8.78 Å². The topological polar surface area (TPSA) is 61.8 Å². The van der Waals surface area contributed by atoms with Crippen molar-refractivity contribution in [3.63, 3.8) is 0 Å². The second-order valence-corrected chi connectivity index (χ2v) is 7.65. The molecule has 0 radical (unpaired) electrons. The van der Waals surface area contributed by atoms with Crippen LogP contribution in [-0.4, -0.2) is 43.2 Å². The van der Waals surface area contributed by atoms with Crippen molar-refractivity contribution in [1.82, 2.24) is 15.6 Å². The van der Waals surface area contributed by atoms with Crippen LogP contribution < -0.4 is 20.3 Å². The summed E-state index contributed by atoms with van der Waals surface area (Å²) in [4.78, 5) is 11.3. The third-order valence-electron chi connectivity index (χ3n) is 4.60. The van der Waals surface area contributed by atoms with Gasteiger partial charge in [0.2, 0.25) is 0 Å². The summed E-state index contributed by atoms with van der Waals surface area (Å²) in [5.41, 5.74) is 1.66. The Hall–Kier alpha value is -2.42. The molecule has 2 heterocycles. The molecule has 2 N–H and O–H groups in total. The van der Waals surface area contributed by atoms with E-state index in [-0.39, 0.29) is 11.8 Å². The summed E-state index contributed by atoms with van der Waals surface area (Å²) in [5.74, 6) is 0.946. The smallest absolute Gasteiger partial charge is 0.387 e. The number of alkyl halides is 2. The number of benzene rings is 1. The number of aromatic nitrogens is 1. The number of halogens is 2. The lowest BCUT2D eigenvalue weighted by molar-refractivity contribution is -0.0495. The van der Waals surface area contributed by atoms with E-state index in [0.717, 1.165) is 42.6 Å². The molecule has 0 bridgehead atoms. The third kappa shape index (κ3) is 6.03. The summed E-state index contributed by atoms with van der Waals surface area (Å²) in [6.07, 6.45) is 1.81. The Balaban J connectivity index is 1.61. The summed E-state index contributed by atoms with van der Waals surface area (Å²) in [6, 6.07) is 7.08. The van der Waals surface area contributed by atoms with Gasteiger partial charge >= 0.3 is 6.61 Å². The standard InChI is InChI=1S/C20H27F2N5OS/c1-3-18-25-15(13-29-18)11-24-20(23-4-2)26-14-9-10-27(12-14)16-7-5-6-8-17(16)28-19(21)22/h5-8,13-14,19H,3-4,9-12H2,1-2H3,(H2,23,24,26). The molecule has 158 valence electrons. The Morgan fingerprint density at radius 2 is 2.21 bits per heavy atom. The third-order valence-corrected chi connectivity index (χ3v) is 5.64. The molecule has 0 aliphatic carbocycles. The van der Waals surface area contributed by atoms with Crippen LogP contribution in [0.2, 0.25) is 0 Å². The number of aliphatic imine (C=N–C) groups is 1. The molecule has 1 atom stereocenters. The van der Waals surface area contributed by atoms with Crippen molar-refractivity contribution in [2.45, 2.75) is 45.9 Å². The second kappa shape index (κ2) is 10.4. The number of hydrogen-bond acceptors (Lipinski definition) is 5. The van der Waals surface area contributed by atoms with E-state index in [1.165, 1.54) is 0 Å². The lowest BCUT2D eigenvalue weighted by Gasteiger charge is -2.22. The first-order valence-electron chi connectivity index (χ1n) is 9.86. The second-order valence-electron chi connectivity index (χ2n) is 6.70. The highest BCUT2D eigenvalue weighted by Crippen LogP contribution is 2.31. The summed E-state index contributed by atoms with van der Waals surface area (Å²) in [6.45, 7) is 4.00. The molecule has 6 nitrogen and oxygen atoms in total. The van der Waals surface area contributed by atoms with Crippen LogP contribution in [0, 0.1) is 0 Å². The van der Waals surface area contributed by atoms with Crippen molar-refractivity contribution in [3.8, 4) is 5.75 Å². The Kier molecular flexibility index (Phi) is 7.62. The fourth-order valence-corrected chi connectivity index (χ4v) is 4.00. The van der Waals surface area contributed by atoms with Gasteiger partial charge in [-0.3, -0.25) is 0 Å². The van der Waals surface area contributed by atoms with Crippen LogP contribution in [0.3, 0.4) is 0 Å². The van der Waals surface area contributed by atoms with Gasteiger partial charge in [0.25, 0.3) is 0 Å². The van der Waals surface area contributed by atoms with Gasteiger partial charge in [-0.1, -0.05) is 19.1 Å². The van der Waals surface area contributed by atoms with E-state index in [2.05, 4.69) is 37.2 Å². The molecule has 29 heavy (non-hydrogen) atoms. The zero-order valence-electron chi connectivity index (χ0n) is 16.7. The molecular formula is C20H27F2N5OS. The van der Waals surface area contributed by atoms with Crippen LogP contribution in [0.1, 0.15) is 31.0 Å². The van der Waals surface area contributed by atoms with E-state index in [4.69, 9.17) is 0 Å². The Bertz CT molecular complexity index is 814. The maximum atomic E-state index is 12.7. The number of guanidine groups is 1. The molecule has 2 aromatic rings. The molecule has 1 fully saturated rings. The first kappa shape index (κ1) is 21.3. The molecule has 1 unspecified atom stereocenters. The molecule has 1 aromatic heterocycles. The van der Waals surface area contributed by atoms with Gasteiger partial charge in [0.05, 0.1) is 22.9 Å². The molecule has 3 rings (SSSR count).